The quantitative estimate of drug-likeness (QED) is 0.780. The second kappa shape index (κ2) is 4.86. The monoisotopic (exact) mass is 217 g/mol. The summed E-state index contributed by atoms with van der Waals surface area (Å²) in [7, 11) is 0. The zero-order valence-corrected chi connectivity index (χ0v) is 10.6. The molecule has 1 rings (SSSR count). The lowest BCUT2D eigenvalue weighted by Gasteiger charge is -2.37. The van der Waals surface area contributed by atoms with Gasteiger partial charge in [0.25, 0.3) is 0 Å². The second-order valence-electron chi connectivity index (χ2n) is 5.20. The molecule has 1 N–H and O–H groups in total. The van der Waals surface area contributed by atoms with Crippen LogP contribution in [0.2, 0.25) is 0 Å². The van der Waals surface area contributed by atoms with E-state index in [0.717, 1.165) is 30.8 Å². The first-order valence-electron chi connectivity index (χ1n) is 5.45. The van der Waals surface area contributed by atoms with Gasteiger partial charge < -0.3 is 5.11 Å². The molecule has 1 aliphatic heterocycles. The zero-order chi connectivity index (χ0) is 10.8. The van der Waals surface area contributed by atoms with Gasteiger partial charge in [0.05, 0.1) is 5.60 Å². The molecule has 0 aromatic heterocycles. The maximum Gasteiger partial charge on any atom is 0.0718 e. The van der Waals surface area contributed by atoms with Crippen LogP contribution in [0.4, 0.5) is 0 Å². The highest BCUT2D eigenvalue weighted by atomic mass is 32.2. The summed E-state index contributed by atoms with van der Waals surface area (Å²) in [6.45, 7) is 11.4. The molecule has 0 unspecified atom stereocenters. The third-order valence-corrected chi connectivity index (χ3v) is 4.07. The van der Waals surface area contributed by atoms with Crippen molar-refractivity contribution in [3.63, 3.8) is 0 Å². The molecule has 0 aromatic carbocycles. The summed E-state index contributed by atoms with van der Waals surface area (Å²) in [5.41, 5.74) is -0.552. The molecule has 1 heterocycles. The van der Waals surface area contributed by atoms with Gasteiger partial charge in [-0.25, -0.2) is 0 Å². The Morgan fingerprint density at radius 2 is 2.14 bits per heavy atom. The van der Waals surface area contributed by atoms with Gasteiger partial charge >= 0.3 is 0 Å². The lowest BCUT2D eigenvalue weighted by molar-refractivity contribution is 0.0363. The Kier molecular flexibility index (Phi) is 4.29. The standard InChI is InChI=1S/C11H23NOS/c1-9(2)10-7-12(5-6-14-10)8-11(3,4)13/h9-10,13H,5-8H2,1-4H3/t10-/m0/s1. The van der Waals surface area contributed by atoms with Gasteiger partial charge in [-0.3, -0.25) is 4.90 Å². The lowest BCUT2D eigenvalue weighted by Crippen LogP contribution is -2.46. The topological polar surface area (TPSA) is 23.5 Å². The molecule has 0 saturated carbocycles. The molecule has 0 aliphatic carbocycles. The third-order valence-electron chi connectivity index (χ3n) is 2.53. The van der Waals surface area contributed by atoms with E-state index in [4.69, 9.17) is 0 Å². The number of hydrogen-bond donors (Lipinski definition) is 1. The zero-order valence-electron chi connectivity index (χ0n) is 9.79. The first-order chi connectivity index (χ1) is 6.38. The predicted octanol–water partition coefficient (Wildman–Crippen LogP) is 1.83. The summed E-state index contributed by atoms with van der Waals surface area (Å²) in [5, 5.41) is 10.5. The highest BCUT2D eigenvalue weighted by Crippen LogP contribution is 2.25. The first-order valence-corrected chi connectivity index (χ1v) is 6.50. The normalized spacial score (nSPS) is 25.7. The molecule has 0 aromatic rings. The van der Waals surface area contributed by atoms with Crippen molar-refractivity contribution in [1.82, 2.24) is 4.90 Å². The van der Waals surface area contributed by atoms with Crippen LogP contribution >= 0.6 is 11.8 Å². The van der Waals surface area contributed by atoms with Gasteiger partial charge in [-0.2, -0.15) is 11.8 Å². The summed E-state index contributed by atoms with van der Waals surface area (Å²) in [5.74, 6) is 1.95. The Bertz CT molecular complexity index is 177. The largest absolute Gasteiger partial charge is 0.389 e. The van der Waals surface area contributed by atoms with Crippen molar-refractivity contribution < 1.29 is 5.11 Å². The fourth-order valence-electron chi connectivity index (χ4n) is 1.83. The van der Waals surface area contributed by atoms with Gasteiger partial charge in [-0.15, -0.1) is 0 Å². The van der Waals surface area contributed by atoms with E-state index in [-0.39, 0.29) is 0 Å². The molecule has 3 heteroatoms. The van der Waals surface area contributed by atoms with Crippen LogP contribution in [0.15, 0.2) is 0 Å². The Morgan fingerprint density at radius 1 is 1.50 bits per heavy atom. The predicted molar refractivity (Wildman–Crippen MR) is 63.8 cm³/mol. The third kappa shape index (κ3) is 4.20. The minimum atomic E-state index is -0.552. The molecule has 84 valence electrons. The maximum atomic E-state index is 9.75. The van der Waals surface area contributed by atoms with Crippen molar-refractivity contribution in [2.24, 2.45) is 5.92 Å². The van der Waals surface area contributed by atoms with Crippen LogP contribution < -0.4 is 0 Å². The number of hydrogen-bond acceptors (Lipinski definition) is 3. The minimum absolute atomic E-state index is 0.552. The molecule has 1 atom stereocenters. The van der Waals surface area contributed by atoms with E-state index in [0.29, 0.717) is 0 Å². The van der Waals surface area contributed by atoms with Gasteiger partial charge in [-0.1, -0.05) is 13.8 Å². The van der Waals surface area contributed by atoms with Crippen molar-refractivity contribution in [1.29, 1.82) is 0 Å². The molecular weight excluding hydrogens is 194 g/mol. The number of nitrogens with zero attached hydrogens (tertiary/aromatic N) is 1. The van der Waals surface area contributed by atoms with Crippen LogP contribution in [0.3, 0.4) is 0 Å². The van der Waals surface area contributed by atoms with E-state index >= 15 is 0 Å². The van der Waals surface area contributed by atoms with Gasteiger partial charge in [0.15, 0.2) is 0 Å². The van der Waals surface area contributed by atoms with Crippen LogP contribution in [0.25, 0.3) is 0 Å². The van der Waals surface area contributed by atoms with Crippen LogP contribution in [0.5, 0.6) is 0 Å². The number of aliphatic hydroxyl groups is 1. The Morgan fingerprint density at radius 3 is 2.64 bits per heavy atom. The summed E-state index contributed by atoms with van der Waals surface area (Å²) in [6.07, 6.45) is 0. The lowest BCUT2D eigenvalue weighted by atomic mass is 10.1. The summed E-state index contributed by atoms with van der Waals surface area (Å²) in [6, 6.07) is 0. The molecule has 2 nitrogen and oxygen atoms in total. The molecule has 0 radical (unpaired) electrons. The van der Waals surface area contributed by atoms with Crippen LogP contribution in [-0.4, -0.2) is 46.2 Å². The minimum Gasteiger partial charge on any atom is -0.389 e. The highest BCUT2D eigenvalue weighted by molar-refractivity contribution is 8.00. The molecule has 14 heavy (non-hydrogen) atoms. The maximum absolute atomic E-state index is 9.75. The smallest absolute Gasteiger partial charge is 0.0718 e. The molecule has 0 amide bonds. The fraction of sp³-hybridized carbons (Fsp3) is 1.00. The van der Waals surface area contributed by atoms with E-state index in [1.165, 1.54) is 5.75 Å². The van der Waals surface area contributed by atoms with E-state index < -0.39 is 5.60 Å². The van der Waals surface area contributed by atoms with E-state index in [9.17, 15) is 5.11 Å². The highest BCUT2D eigenvalue weighted by Gasteiger charge is 2.26. The van der Waals surface area contributed by atoms with Crippen molar-refractivity contribution >= 4 is 11.8 Å². The summed E-state index contributed by atoms with van der Waals surface area (Å²) in [4.78, 5) is 2.39. The second-order valence-corrected chi connectivity index (χ2v) is 6.55. The van der Waals surface area contributed by atoms with Crippen molar-refractivity contribution in [2.45, 2.75) is 38.5 Å². The van der Waals surface area contributed by atoms with Crippen molar-refractivity contribution in [3.8, 4) is 0 Å². The number of thioether (sulfide) groups is 1. The Hall–Kier alpha value is 0.270. The number of rotatable bonds is 3. The fourth-order valence-corrected chi connectivity index (χ4v) is 3.19. The van der Waals surface area contributed by atoms with Gasteiger partial charge in [0.2, 0.25) is 0 Å². The molecular formula is C11H23NOS. The van der Waals surface area contributed by atoms with Gasteiger partial charge in [0.1, 0.15) is 0 Å². The van der Waals surface area contributed by atoms with Crippen LogP contribution in [-0.2, 0) is 0 Å². The van der Waals surface area contributed by atoms with Crippen molar-refractivity contribution in [2.75, 3.05) is 25.4 Å². The van der Waals surface area contributed by atoms with E-state index in [1.807, 2.05) is 13.8 Å². The summed E-state index contributed by atoms with van der Waals surface area (Å²) < 4.78 is 0. The van der Waals surface area contributed by atoms with Gasteiger partial charge in [-0.05, 0) is 19.8 Å². The SMILES string of the molecule is CC(C)[C@@H]1CN(CC(C)(C)O)CCS1. The Balaban J connectivity index is 2.40. The van der Waals surface area contributed by atoms with Gasteiger partial charge in [0, 0.05) is 30.6 Å². The van der Waals surface area contributed by atoms with Crippen LogP contribution in [0, 0.1) is 5.92 Å². The molecule has 1 aliphatic rings. The average Bonchev–Trinajstić information content (AvgIpc) is 2.01. The number of β-amino-alcohol motifs (C(OH)–C–C–N with tert-alkyl or cyclic N) is 1. The molecule has 1 fully saturated rings. The molecule has 1 saturated heterocycles. The van der Waals surface area contributed by atoms with E-state index in [1.54, 1.807) is 0 Å². The first kappa shape index (κ1) is 12.3. The van der Waals surface area contributed by atoms with E-state index in [2.05, 4.69) is 30.5 Å². The molecule has 0 spiro atoms. The van der Waals surface area contributed by atoms with Crippen LogP contribution in [0.1, 0.15) is 27.7 Å². The Labute approximate surface area is 92.1 Å². The molecule has 0 bridgehead atoms. The van der Waals surface area contributed by atoms with Crippen molar-refractivity contribution in [3.05, 3.63) is 0 Å². The summed E-state index contributed by atoms with van der Waals surface area (Å²) >= 11 is 2.08. The average molecular weight is 217 g/mol.